The molecule has 2 rings (SSSR count). The second-order valence-corrected chi connectivity index (χ2v) is 4.88. The molecular weight excluding hydrogens is 324 g/mol. The predicted molar refractivity (Wildman–Crippen MR) is 90.5 cm³/mol. The minimum absolute atomic E-state index is 0.0622. The fourth-order valence-corrected chi connectivity index (χ4v) is 1.98. The van der Waals surface area contributed by atoms with Gasteiger partial charge < -0.3 is 14.8 Å². The normalized spacial score (nSPS) is 10.0. The maximum atomic E-state index is 12.3. The van der Waals surface area contributed by atoms with Gasteiger partial charge in [0.05, 0.1) is 18.8 Å². The van der Waals surface area contributed by atoms with Crippen molar-refractivity contribution in [3.05, 3.63) is 59.4 Å². The lowest BCUT2D eigenvalue weighted by Crippen LogP contribution is -2.16. The van der Waals surface area contributed by atoms with Crippen LogP contribution in [0.1, 0.15) is 45.2 Å². The number of hydrogen-bond acceptors (Lipinski definition) is 6. The summed E-state index contributed by atoms with van der Waals surface area (Å²) in [6.45, 7) is 3.93. The van der Waals surface area contributed by atoms with Crippen molar-refractivity contribution in [2.24, 2.45) is 0 Å². The van der Waals surface area contributed by atoms with Gasteiger partial charge in [-0.2, -0.15) is 0 Å². The quantitative estimate of drug-likeness (QED) is 0.811. The van der Waals surface area contributed by atoms with Gasteiger partial charge in [0.15, 0.2) is 0 Å². The molecule has 0 radical (unpaired) electrons. The average molecular weight is 342 g/mol. The number of amides is 1. The maximum absolute atomic E-state index is 12.3. The van der Waals surface area contributed by atoms with E-state index >= 15 is 0 Å². The second-order valence-electron chi connectivity index (χ2n) is 4.88. The highest BCUT2D eigenvalue weighted by Crippen LogP contribution is 2.12. The fourth-order valence-electron chi connectivity index (χ4n) is 1.98. The summed E-state index contributed by atoms with van der Waals surface area (Å²) in [5.41, 5.74) is 1.02. The number of carbonyl (C=O) groups excluding carboxylic acids is 3. The predicted octanol–water partition coefficient (Wildman–Crippen LogP) is 2.69. The Morgan fingerprint density at radius 2 is 1.48 bits per heavy atom. The molecule has 1 aromatic carbocycles. The highest BCUT2D eigenvalue weighted by molar-refractivity contribution is 6.03. The van der Waals surface area contributed by atoms with Crippen molar-refractivity contribution in [2.75, 3.05) is 18.5 Å². The van der Waals surface area contributed by atoms with Crippen molar-refractivity contribution in [2.45, 2.75) is 13.8 Å². The molecular formula is C18H18N2O5. The summed E-state index contributed by atoms with van der Waals surface area (Å²) in [5.74, 6) is -1.49. The largest absolute Gasteiger partial charge is 0.462 e. The Morgan fingerprint density at radius 1 is 0.880 bits per heavy atom. The zero-order valence-electron chi connectivity index (χ0n) is 13.9. The van der Waals surface area contributed by atoms with Gasteiger partial charge in [-0.15, -0.1) is 0 Å². The molecule has 0 spiro atoms. The van der Waals surface area contributed by atoms with Crippen LogP contribution in [0.3, 0.4) is 0 Å². The molecule has 1 amide bonds. The zero-order chi connectivity index (χ0) is 18.2. The maximum Gasteiger partial charge on any atom is 0.356 e. The van der Waals surface area contributed by atoms with Crippen molar-refractivity contribution in [1.82, 2.24) is 4.98 Å². The van der Waals surface area contributed by atoms with Crippen LogP contribution in [0.2, 0.25) is 0 Å². The Balaban J connectivity index is 2.08. The molecule has 7 heteroatoms. The van der Waals surface area contributed by atoms with Crippen molar-refractivity contribution < 1.29 is 23.9 Å². The van der Waals surface area contributed by atoms with Crippen LogP contribution < -0.4 is 5.32 Å². The fraction of sp³-hybridized carbons (Fsp3) is 0.222. The van der Waals surface area contributed by atoms with Crippen LogP contribution in [-0.2, 0) is 9.47 Å². The summed E-state index contributed by atoms with van der Waals surface area (Å²) in [6.07, 6.45) is 0. The minimum atomic E-state index is -0.587. The molecule has 0 saturated heterocycles. The number of nitrogens with one attached hydrogen (secondary N) is 1. The summed E-state index contributed by atoms with van der Waals surface area (Å²) in [7, 11) is 0. The second kappa shape index (κ2) is 8.58. The highest BCUT2D eigenvalue weighted by atomic mass is 16.5. The van der Waals surface area contributed by atoms with Crippen LogP contribution in [0.5, 0.6) is 0 Å². The van der Waals surface area contributed by atoms with E-state index in [0.29, 0.717) is 17.9 Å². The van der Waals surface area contributed by atoms with Gasteiger partial charge in [0, 0.05) is 5.69 Å². The number of carbonyl (C=O) groups is 3. The van der Waals surface area contributed by atoms with Crippen LogP contribution in [0.25, 0.3) is 0 Å². The first-order valence-corrected chi connectivity index (χ1v) is 7.77. The first kappa shape index (κ1) is 18.1. The molecule has 1 heterocycles. The zero-order valence-corrected chi connectivity index (χ0v) is 13.9. The van der Waals surface area contributed by atoms with E-state index in [1.165, 1.54) is 12.1 Å². The molecule has 0 aliphatic heterocycles. The van der Waals surface area contributed by atoms with Crippen molar-refractivity contribution in [1.29, 1.82) is 0 Å². The number of anilines is 1. The molecule has 130 valence electrons. The molecule has 2 aromatic rings. The Kier molecular flexibility index (Phi) is 6.22. The molecule has 0 bridgehead atoms. The van der Waals surface area contributed by atoms with Crippen LogP contribution in [0.4, 0.5) is 5.69 Å². The molecule has 7 nitrogen and oxygen atoms in total. The number of aromatic nitrogens is 1. The van der Waals surface area contributed by atoms with Crippen LogP contribution in [-0.4, -0.2) is 36.0 Å². The standard InChI is InChI=1S/C18H18N2O5/c1-3-24-17(22)12-8-10-13(11-9-12)19-16(21)14-6-5-7-15(20-14)18(23)25-4-2/h5-11H,3-4H2,1-2H3,(H,19,21). The number of ether oxygens (including phenoxy) is 2. The third-order valence-electron chi connectivity index (χ3n) is 3.12. The smallest absolute Gasteiger partial charge is 0.356 e. The third kappa shape index (κ3) is 4.87. The van der Waals surface area contributed by atoms with E-state index in [1.807, 2.05) is 0 Å². The van der Waals surface area contributed by atoms with Gasteiger partial charge in [-0.05, 0) is 50.2 Å². The number of rotatable bonds is 6. The third-order valence-corrected chi connectivity index (χ3v) is 3.12. The number of pyridine rings is 1. The average Bonchev–Trinajstić information content (AvgIpc) is 2.63. The summed E-state index contributed by atoms with van der Waals surface area (Å²) in [4.78, 5) is 39.5. The lowest BCUT2D eigenvalue weighted by atomic mass is 10.2. The topological polar surface area (TPSA) is 94.6 Å². The number of hydrogen-bond donors (Lipinski definition) is 1. The van der Waals surface area contributed by atoms with Gasteiger partial charge in [-0.1, -0.05) is 6.07 Å². The van der Waals surface area contributed by atoms with E-state index in [0.717, 1.165) is 0 Å². The van der Waals surface area contributed by atoms with E-state index < -0.39 is 17.8 Å². The molecule has 0 fully saturated rings. The van der Waals surface area contributed by atoms with Gasteiger partial charge in [-0.25, -0.2) is 14.6 Å². The van der Waals surface area contributed by atoms with Crippen molar-refractivity contribution in [3.8, 4) is 0 Å². The first-order chi connectivity index (χ1) is 12.0. The molecule has 0 aliphatic carbocycles. The number of esters is 2. The molecule has 0 aliphatic rings. The van der Waals surface area contributed by atoms with E-state index in [4.69, 9.17) is 9.47 Å². The molecule has 0 saturated carbocycles. The van der Waals surface area contributed by atoms with E-state index in [2.05, 4.69) is 10.3 Å². The Labute approximate surface area is 145 Å². The van der Waals surface area contributed by atoms with Gasteiger partial charge in [0.2, 0.25) is 0 Å². The Bertz CT molecular complexity index is 771. The van der Waals surface area contributed by atoms with Gasteiger partial charge in [0.25, 0.3) is 5.91 Å². The minimum Gasteiger partial charge on any atom is -0.462 e. The van der Waals surface area contributed by atoms with Gasteiger partial charge >= 0.3 is 11.9 Å². The monoisotopic (exact) mass is 342 g/mol. The molecule has 0 atom stereocenters. The summed E-state index contributed by atoms with van der Waals surface area (Å²) in [6, 6.07) is 10.8. The van der Waals surface area contributed by atoms with Crippen LogP contribution >= 0.6 is 0 Å². The number of benzene rings is 1. The Morgan fingerprint density at radius 3 is 2.12 bits per heavy atom. The van der Waals surface area contributed by atoms with Gasteiger partial charge in [0.1, 0.15) is 11.4 Å². The summed E-state index contributed by atoms with van der Waals surface area (Å²) < 4.78 is 9.75. The lowest BCUT2D eigenvalue weighted by molar-refractivity contribution is 0.0512. The van der Waals surface area contributed by atoms with Crippen molar-refractivity contribution in [3.63, 3.8) is 0 Å². The van der Waals surface area contributed by atoms with E-state index in [1.54, 1.807) is 44.2 Å². The van der Waals surface area contributed by atoms with Gasteiger partial charge in [-0.3, -0.25) is 4.79 Å². The molecule has 0 unspecified atom stereocenters. The molecule has 1 aromatic heterocycles. The Hall–Kier alpha value is -3.22. The molecule has 1 N–H and O–H groups in total. The number of nitrogens with zero attached hydrogens (tertiary/aromatic N) is 1. The van der Waals surface area contributed by atoms with Crippen molar-refractivity contribution >= 4 is 23.5 Å². The van der Waals surface area contributed by atoms with E-state index in [9.17, 15) is 14.4 Å². The van der Waals surface area contributed by atoms with E-state index in [-0.39, 0.29) is 18.0 Å². The highest BCUT2D eigenvalue weighted by Gasteiger charge is 2.13. The lowest BCUT2D eigenvalue weighted by Gasteiger charge is -2.07. The first-order valence-electron chi connectivity index (χ1n) is 7.77. The van der Waals surface area contributed by atoms with Crippen LogP contribution in [0, 0.1) is 0 Å². The van der Waals surface area contributed by atoms with Crippen LogP contribution in [0.15, 0.2) is 42.5 Å². The molecule has 25 heavy (non-hydrogen) atoms. The summed E-state index contributed by atoms with van der Waals surface area (Å²) in [5, 5.41) is 2.65. The summed E-state index contributed by atoms with van der Waals surface area (Å²) >= 11 is 0. The SMILES string of the molecule is CCOC(=O)c1ccc(NC(=O)c2cccc(C(=O)OCC)n2)cc1.